The lowest BCUT2D eigenvalue weighted by atomic mass is 9.94. The van der Waals surface area contributed by atoms with Gasteiger partial charge < -0.3 is 14.6 Å². The Labute approximate surface area is 178 Å². The summed E-state index contributed by atoms with van der Waals surface area (Å²) in [5, 5.41) is 3.18. The van der Waals surface area contributed by atoms with Crippen LogP contribution in [0.1, 0.15) is 47.4 Å². The van der Waals surface area contributed by atoms with Crippen LogP contribution in [0.2, 0.25) is 0 Å². The van der Waals surface area contributed by atoms with Crippen molar-refractivity contribution in [2.45, 2.75) is 45.2 Å². The van der Waals surface area contributed by atoms with Crippen molar-refractivity contribution in [3.63, 3.8) is 0 Å². The van der Waals surface area contributed by atoms with Crippen LogP contribution in [0.15, 0.2) is 47.1 Å². The highest BCUT2D eigenvalue weighted by Crippen LogP contribution is 2.31. The van der Waals surface area contributed by atoms with E-state index in [1.807, 2.05) is 11.0 Å². The van der Waals surface area contributed by atoms with Crippen molar-refractivity contribution in [2.75, 3.05) is 26.2 Å². The largest absolute Gasteiger partial charge is 0.459 e. The van der Waals surface area contributed by atoms with Gasteiger partial charge in [-0.05, 0) is 43.4 Å². The monoisotopic (exact) mass is 409 g/mol. The fourth-order valence-electron chi connectivity index (χ4n) is 4.83. The van der Waals surface area contributed by atoms with E-state index < -0.39 is 0 Å². The lowest BCUT2D eigenvalue weighted by molar-refractivity contribution is -0.129. The zero-order valence-corrected chi connectivity index (χ0v) is 17.7. The van der Waals surface area contributed by atoms with Crippen molar-refractivity contribution >= 4 is 11.8 Å². The normalized spacial score (nSPS) is 19.0. The third kappa shape index (κ3) is 4.75. The highest BCUT2D eigenvalue weighted by atomic mass is 16.3. The van der Waals surface area contributed by atoms with Gasteiger partial charge in [-0.2, -0.15) is 0 Å². The van der Waals surface area contributed by atoms with Gasteiger partial charge in [-0.1, -0.05) is 42.7 Å². The third-order valence-electron chi connectivity index (χ3n) is 6.39. The van der Waals surface area contributed by atoms with Crippen molar-refractivity contribution in [3.8, 4) is 0 Å². The summed E-state index contributed by atoms with van der Waals surface area (Å²) in [6.07, 6.45) is 6.13. The third-order valence-corrected chi connectivity index (χ3v) is 6.39. The van der Waals surface area contributed by atoms with Gasteiger partial charge in [0.1, 0.15) is 0 Å². The maximum absolute atomic E-state index is 13.2. The van der Waals surface area contributed by atoms with E-state index in [-0.39, 0.29) is 17.9 Å². The van der Waals surface area contributed by atoms with E-state index in [2.05, 4.69) is 35.3 Å². The predicted octanol–water partition coefficient (Wildman–Crippen LogP) is 3.22. The number of piperazine rings is 1. The highest BCUT2D eigenvalue weighted by Gasteiger charge is 2.37. The molecule has 0 bridgehead atoms. The SMILES string of the molecule is Cc1cccc(CNC(=O)[C@H](C2CCCC2)N2CCN(C(=O)c3ccco3)CC2)c1. The van der Waals surface area contributed by atoms with Crippen LogP contribution in [0.25, 0.3) is 0 Å². The number of amides is 2. The van der Waals surface area contributed by atoms with E-state index in [1.54, 1.807) is 12.1 Å². The van der Waals surface area contributed by atoms with Crippen LogP contribution in [-0.4, -0.2) is 53.8 Å². The van der Waals surface area contributed by atoms with Gasteiger partial charge in [-0.3, -0.25) is 14.5 Å². The number of aryl methyl sites for hydroxylation is 1. The van der Waals surface area contributed by atoms with E-state index in [0.29, 0.717) is 44.4 Å². The number of nitrogens with one attached hydrogen (secondary N) is 1. The Balaban J connectivity index is 1.38. The first-order valence-electron chi connectivity index (χ1n) is 11.0. The molecule has 6 nitrogen and oxygen atoms in total. The van der Waals surface area contributed by atoms with E-state index in [4.69, 9.17) is 4.42 Å². The number of carbonyl (C=O) groups is 2. The molecule has 2 fully saturated rings. The number of carbonyl (C=O) groups excluding carboxylic acids is 2. The standard InChI is InChI=1S/C24H31N3O3/c1-18-6-4-7-19(16-18)17-25-23(28)22(20-8-2-3-9-20)26-11-13-27(14-12-26)24(29)21-10-5-15-30-21/h4-7,10,15-16,20,22H,2-3,8-9,11-14,17H2,1H3,(H,25,28)/t22-/m0/s1. The van der Waals surface area contributed by atoms with Gasteiger partial charge in [-0.15, -0.1) is 0 Å². The molecule has 2 heterocycles. The van der Waals surface area contributed by atoms with Crippen LogP contribution in [0.4, 0.5) is 0 Å². The van der Waals surface area contributed by atoms with E-state index in [0.717, 1.165) is 18.4 Å². The second-order valence-electron chi connectivity index (χ2n) is 8.50. The first-order valence-corrected chi connectivity index (χ1v) is 11.0. The van der Waals surface area contributed by atoms with Gasteiger partial charge in [0.15, 0.2) is 5.76 Å². The predicted molar refractivity (Wildman–Crippen MR) is 115 cm³/mol. The summed E-state index contributed by atoms with van der Waals surface area (Å²) >= 11 is 0. The Hall–Kier alpha value is -2.60. The molecule has 1 aliphatic heterocycles. The maximum Gasteiger partial charge on any atom is 0.289 e. The van der Waals surface area contributed by atoms with E-state index in [1.165, 1.54) is 24.7 Å². The minimum absolute atomic E-state index is 0.0686. The van der Waals surface area contributed by atoms with Gasteiger partial charge >= 0.3 is 0 Å². The highest BCUT2D eigenvalue weighted by molar-refractivity contribution is 5.91. The summed E-state index contributed by atoms with van der Waals surface area (Å²) in [6.45, 7) is 5.29. The Morgan fingerprint density at radius 1 is 1.10 bits per heavy atom. The molecule has 0 spiro atoms. The van der Waals surface area contributed by atoms with Crippen LogP contribution in [0.3, 0.4) is 0 Å². The minimum Gasteiger partial charge on any atom is -0.459 e. The van der Waals surface area contributed by atoms with Gasteiger partial charge in [0.05, 0.1) is 12.3 Å². The number of benzene rings is 1. The zero-order chi connectivity index (χ0) is 20.9. The summed E-state index contributed by atoms with van der Waals surface area (Å²) < 4.78 is 5.26. The van der Waals surface area contributed by atoms with Crippen molar-refractivity contribution in [1.29, 1.82) is 0 Å². The van der Waals surface area contributed by atoms with Crippen molar-refractivity contribution in [1.82, 2.24) is 15.1 Å². The molecule has 2 aliphatic rings. The molecule has 0 unspecified atom stereocenters. The first kappa shape index (κ1) is 20.7. The maximum atomic E-state index is 13.2. The van der Waals surface area contributed by atoms with Crippen LogP contribution < -0.4 is 5.32 Å². The topological polar surface area (TPSA) is 65.8 Å². The summed E-state index contributed by atoms with van der Waals surface area (Å²) in [6, 6.07) is 11.6. The first-order chi connectivity index (χ1) is 14.6. The van der Waals surface area contributed by atoms with Crippen molar-refractivity contribution < 1.29 is 14.0 Å². The Bertz CT molecular complexity index is 850. The molecule has 1 aliphatic carbocycles. The Kier molecular flexibility index (Phi) is 6.53. The molecule has 2 amide bonds. The van der Waals surface area contributed by atoms with Crippen LogP contribution in [-0.2, 0) is 11.3 Å². The van der Waals surface area contributed by atoms with E-state index >= 15 is 0 Å². The smallest absolute Gasteiger partial charge is 0.289 e. The molecule has 1 saturated heterocycles. The van der Waals surface area contributed by atoms with Crippen LogP contribution >= 0.6 is 0 Å². The molecular weight excluding hydrogens is 378 g/mol. The molecule has 2 aromatic rings. The van der Waals surface area contributed by atoms with Crippen LogP contribution in [0, 0.1) is 12.8 Å². The number of hydrogen-bond acceptors (Lipinski definition) is 4. The Morgan fingerprint density at radius 3 is 2.53 bits per heavy atom. The summed E-state index contributed by atoms with van der Waals surface area (Å²) in [5.41, 5.74) is 2.33. The molecular formula is C24H31N3O3. The van der Waals surface area contributed by atoms with Crippen LogP contribution in [0.5, 0.6) is 0 Å². The summed E-state index contributed by atoms with van der Waals surface area (Å²) in [4.78, 5) is 29.9. The summed E-state index contributed by atoms with van der Waals surface area (Å²) in [5.74, 6) is 0.830. The minimum atomic E-state index is -0.113. The quantitative estimate of drug-likeness (QED) is 0.796. The molecule has 1 aromatic carbocycles. The number of hydrogen-bond donors (Lipinski definition) is 1. The molecule has 1 N–H and O–H groups in total. The molecule has 160 valence electrons. The Morgan fingerprint density at radius 2 is 1.87 bits per heavy atom. The lowest BCUT2D eigenvalue weighted by Gasteiger charge is -2.40. The molecule has 6 heteroatoms. The zero-order valence-electron chi connectivity index (χ0n) is 17.7. The fourth-order valence-corrected chi connectivity index (χ4v) is 4.83. The molecule has 1 saturated carbocycles. The number of rotatable bonds is 6. The van der Waals surface area contributed by atoms with Gasteiger partial charge in [0.25, 0.3) is 5.91 Å². The second kappa shape index (κ2) is 9.47. The lowest BCUT2D eigenvalue weighted by Crippen LogP contribution is -2.57. The molecule has 1 atom stereocenters. The van der Waals surface area contributed by atoms with Gasteiger partial charge in [-0.25, -0.2) is 0 Å². The van der Waals surface area contributed by atoms with E-state index in [9.17, 15) is 9.59 Å². The summed E-state index contributed by atoms with van der Waals surface area (Å²) in [7, 11) is 0. The average Bonchev–Trinajstić information content (AvgIpc) is 3.47. The average molecular weight is 410 g/mol. The van der Waals surface area contributed by atoms with Crippen molar-refractivity contribution in [2.24, 2.45) is 5.92 Å². The molecule has 0 radical (unpaired) electrons. The molecule has 4 rings (SSSR count). The number of nitrogens with zero attached hydrogens (tertiary/aromatic N) is 2. The van der Waals surface area contributed by atoms with Gasteiger partial charge in [0.2, 0.25) is 5.91 Å². The second-order valence-corrected chi connectivity index (χ2v) is 8.50. The molecule has 30 heavy (non-hydrogen) atoms. The number of furan rings is 1. The van der Waals surface area contributed by atoms with Gasteiger partial charge in [0, 0.05) is 32.7 Å². The molecule has 1 aromatic heterocycles. The fraction of sp³-hybridized carbons (Fsp3) is 0.500. The van der Waals surface area contributed by atoms with Crippen molar-refractivity contribution in [3.05, 3.63) is 59.5 Å².